The number of nitrogens with zero attached hydrogens (tertiary/aromatic N) is 2. The number of likely N-dealkylation sites (tertiary alicyclic amines) is 1. The van der Waals surface area contributed by atoms with E-state index in [2.05, 4.69) is 58.3 Å². The van der Waals surface area contributed by atoms with Crippen LogP contribution in [-0.2, 0) is 19.4 Å². The third kappa shape index (κ3) is 6.81. The summed E-state index contributed by atoms with van der Waals surface area (Å²) in [6.45, 7) is 6.40. The van der Waals surface area contributed by atoms with Crippen LogP contribution in [0, 0.1) is 0 Å². The minimum absolute atomic E-state index is 0. The molecule has 0 N–H and O–H groups in total. The Morgan fingerprint density at radius 3 is 2.20 bits per heavy atom. The lowest BCUT2D eigenvalue weighted by atomic mass is 9.97. The molecule has 30 heavy (non-hydrogen) atoms. The first-order valence-electron chi connectivity index (χ1n) is 10.9. The predicted octanol–water partition coefficient (Wildman–Crippen LogP) is 5.19. The lowest BCUT2D eigenvalue weighted by Gasteiger charge is -2.26. The number of ketones is 1. The summed E-state index contributed by atoms with van der Waals surface area (Å²) < 4.78 is 0. The molecular weight excluding hydrogens is 415 g/mol. The largest absolute Gasteiger partial charge is 0.303 e. The normalized spacial score (nSPS) is 17.2. The van der Waals surface area contributed by atoms with Gasteiger partial charge < -0.3 is 4.90 Å². The Balaban J connectivity index is 0.00000160. The zero-order valence-electron chi connectivity index (χ0n) is 17.7. The predicted molar refractivity (Wildman–Crippen MR) is 129 cm³/mol. The van der Waals surface area contributed by atoms with Gasteiger partial charge in [0, 0.05) is 38.2 Å². The molecule has 0 spiro atoms. The third-order valence-electron chi connectivity index (χ3n) is 6.28. The summed E-state index contributed by atoms with van der Waals surface area (Å²) in [5, 5.41) is 0. The second kappa shape index (κ2) is 12.5. The molecule has 0 radical (unpaired) electrons. The van der Waals surface area contributed by atoms with Gasteiger partial charge in [-0.1, -0.05) is 48.9 Å². The van der Waals surface area contributed by atoms with Crippen molar-refractivity contribution in [2.24, 2.45) is 0 Å². The first-order chi connectivity index (χ1) is 13.8. The highest BCUT2D eigenvalue weighted by atomic mass is 35.5. The highest BCUT2D eigenvalue weighted by Gasteiger charge is 2.17. The van der Waals surface area contributed by atoms with Gasteiger partial charge in [-0.2, -0.15) is 0 Å². The van der Waals surface area contributed by atoms with Crippen LogP contribution in [0.15, 0.2) is 48.5 Å². The van der Waals surface area contributed by atoms with Gasteiger partial charge in [0.05, 0.1) is 0 Å². The van der Waals surface area contributed by atoms with Gasteiger partial charge in [-0.15, -0.1) is 24.8 Å². The van der Waals surface area contributed by atoms with E-state index in [1.165, 1.54) is 36.0 Å². The summed E-state index contributed by atoms with van der Waals surface area (Å²) in [4.78, 5) is 17.7. The number of fused-ring (bicyclic) bond motifs is 1. The quantitative estimate of drug-likeness (QED) is 0.567. The van der Waals surface area contributed by atoms with Crippen molar-refractivity contribution < 1.29 is 4.79 Å². The fraction of sp³-hybridized carbons (Fsp3) is 0.480. The summed E-state index contributed by atoms with van der Waals surface area (Å²) in [5.41, 5.74) is 5.08. The standard InChI is InChI=1S/C25H32N2O.2ClH/c28-25(13-18-26-14-5-2-6-15-26)24-10-9-22-11-16-27(17-12-23(22)19-24)20-21-7-3-1-4-8-21;;/h1,3-4,7-10,19H,2,5-6,11-18,20H2;2*1H. The summed E-state index contributed by atoms with van der Waals surface area (Å²) in [5.74, 6) is 0.304. The summed E-state index contributed by atoms with van der Waals surface area (Å²) in [7, 11) is 0. The van der Waals surface area contributed by atoms with Crippen LogP contribution in [0.5, 0.6) is 0 Å². The minimum atomic E-state index is 0. The molecule has 4 rings (SSSR count). The van der Waals surface area contributed by atoms with Crippen LogP contribution in [0.4, 0.5) is 0 Å². The average molecular weight is 449 g/mol. The number of benzene rings is 2. The number of carbonyl (C=O) groups is 1. The topological polar surface area (TPSA) is 23.6 Å². The highest BCUT2D eigenvalue weighted by molar-refractivity contribution is 5.96. The van der Waals surface area contributed by atoms with Crippen LogP contribution >= 0.6 is 24.8 Å². The van der Waals surface area contributed by atoms with Gasteiger partial charge in [-0.05, 0) is 61.5 Å². The molecule has 2 aliphatic heterocycles. The van der Waals surface area contributed by atoms with Crippen molar-refractivity contribution in [3.8, 4) is 0 Å². The molecule has 1 fully saturated rings. The van der Waals surface area contributed by atoms with Crippen LogP contribution < -0.4 is 0 Å². The monoisotopic (exact) mass is 448 g/mol. The van der Waals surface area contributed by atoms with E-state index in [0.717, 1.165) is 57.7 Å². The zero-order valence-corrected chi connectivity index (χ0v) is 19.4. The summed E-state index contributed by atoms with van der Waals surface area (Å²) in [6.07, 6.45) is 6.67. The van der Waals surface area contributed by atoms with Crippen LogP contribution in [0.25, 0.3) is 0 Å². The molecular formula is C25H34Cl2N2O. The van der Waals surface area contributed by atoms with Gasteiger partial charge in [0.25, 0.3) is 0 Å². The third-order valence-corrected chi connectivity index (χ3v) is 6.28. The van der Waals surface area contributed by atoms with E-state index in [1.54, 1.807) is 0 Å². The summed E-state index contributed by atoms with van der Waals surface area (Å²) >= 11 is 0. The van der Waals surface area contributed by atoms with E-state index < -0.39 is 0 Å². The van der Waals surface area contributed by atoms with E-state index in [0.29, 0.717) is 12.2 Å². The Labute approximate surface area is 193 Å². The van der Waals surface area contributed by atoms with E-state index in [1.807, 2.05) is 0 Å². The molecule has 164 valence electrons. The lowest BCUT2D eigenvalue weighted by molar-refractivity contribution is 0.0958. The van der Waals surface area contributed by atoms with Crippen LogP contribution in [0.3, 0.4) is 0 Å². The number of rotatable bonds is 6. The van der Waals surface area contributed by atoms with Gasteiger partial charge >= 0.3 is 0 Å². The molecule has 0 amide bonds. The van der Waals surface area contributed by atoms with E-state index in [4.69, 9.17) is 0 Å². The molecule has 0 saturated carbocycles. The SMILES string of the molecule is Cl.Cl.O=C(CCN1CCCCC1)c1ccc2c(c1)CCN(Cc1ccccc1)CC2. The molecule has 0 bridgehead atoms. The Morgan fingerprint density at radius 2 is 1.47 bits per heavy atom. The molecule has 3 nitrogen and oxygen atoms in total. The van der Waals surface area contributed by atoms with Crippen molar-refractivity contribution in [2.75, 3.05) is 32.7 Å². The molecule has 0 aromatic heterocycles. The van der Waals surface area contributed by atoms with Crippen molar-refractivity contribution in [2.45, 2.75) is 45.1 Å². The Hall–Kier alpha value is -1.39. The molecule has 0 atom stereocenters. The fourth-order valence-electron chi connectivity index (χ4n) is 4.53. The number of carbonyl (C=O) groups excluding carboxylic acids is 1. The molecule has 0 unspecified atom stereocenters. The number of piperidine rings is 1. The molecule has 1 saturated heterocycles. The number of halogens is 2. The zero-order chi connectivity index (χ0) is 19.2. The van der Waals surface area contributed by atoms with Crippen molar-refractivity contribution >= 4 is 30.6 Å². The first-order valence-corrected chi connectivity index (χ1v) is 10.9. The molecule has 0 aliphatic carbocycles. The van der Waals surface area contributed by atoms with Crippen molar-refractivity contribution in [1.82, 2.24) is 9.80 Å². The van der Waals surface area contributed by atoms with Gasteiger partial charge in [-0.25, -0.2) is 0 Å². The maximum Gasteiger partial charge on any atom is 0.164 e. The Morgan fingerprint density at radius 1 is 0.767 bits per heavy atom. The smallest absolute Gasteiger partial charge is 0.164 e. The Bertz CT molecular complexity index is 791. The molecule has 2 aromatic carbocycles. The van der Waals surface area contributed by atoms with Gasteiger partial charge in [0.15, 0.2) is 5.78 Å². The van der Waals surface area contributed by atoms with Crippen LogP contribution in [0.1, 0.15) is 52.7 Å². The lowest BCUT2D eigenvalue weighted by Crippen LogP contribution is -2.31. The van der Waals surface area contributed by atoms with E-state index >= 15 is 0 Å². The number of hydrogen-bond donors (Lipinski definition) is 0. The molecule has 2 heterocycles. The number of hydrogen-bond acceptors (Lipinski definition) is 3. The molecule has 2 aromatic rings. The van der Waals surface area contributed by atoms with Crippen molar-refractivity contribution in [3.05, 3.63) is 70.8 Å². The Kier molecular flexibility index (Phi) is 10.3. The van der Waals surface area contributed by atoms with E-state index in [9.17, 15) is 4.79 Å². The van der Waals surface area contributed by atoms with Gasteiger partial charge in [0.2, 0.25) is 0 Å². The van der Waals surface area contributed by atoms with E-state index in [-0.39, 0.29) is 24.8 Å². The maximum atomic E-state index is 12.7. The van der Waals surface area contributed by atoms with Crippen molar-refractivity contribution in [1.29, 1.82) is 0 Å². The van der Waals surface area contributed by atoms with Crippen LogP contribution in [0.2, 0.25) is 0 Å². The molecule has 2 aliphatic rings. The van der Waals surface area contributed by atoms with Gasteiger partial charge in [-0.3, -0.25) is 9.69 Å². The minimum Gasteiger partial charge on any atom is -0.303 e. The van der Waals surface area contributed by atoms with Gasteiger partial charge in [0.1, 0.15) is 0 Å². The first kappa shape index (κ1) is 24.9. The summed E-state index contributed by atoms with van der Waals surface area (Å²) in [6, 6.07) is 17.2. The molecule has 5 heteroatoms. The van der Waals surface area contributed by atoms with Crippen LogP contribution in [-0.4, -0.2) is 48.3 Å². The fourth-order valence-corrected chi connectivity index (χ4v) is 4.53. The number of Topliss-reactive ketones (excluding diaryl/α,β-unsaturated/α-hetero) is 1. The van der Waals surface area contributed by atoms with Crippen molar-refractivity contribution in [3.63, 3.8) is 0 Å². The average Bonchev–Trinajstić information content (AvgIpc) is 2.95. The second-order valence-electron chi connectivity index (χ2n) is 8.32. The second-order valence-corrected chi connectivity index (χ2v) is 8.32. The maximum absolute atomic E-state index is 12.7. The highest BCUT2D eigenvalue weighted by Crippen LogP contribution is 2.20.